The monoisotopic (exact) mass is 452 g/mol. The van der Waals surface area contributed by atoms with Crippen molar-refractivity contribution in [2.75, 3.05) is 19.8 Å². The summed E-state index contributed by atoms with van der Waals surface area (Å²) >= 11 is 0. The Morgan fingerprint density at radius 2 is 1.66 bits per heavy atom. The minimum Gasteiger partial charge on any atom is -0.491 e. The second-order valence-corrected chi connectivity index (χ2v) is 7.70. The van der Waals surface area contributed by atoms with Gasteiger partial charge < -0.3 is 14.2 Å². The summed E-state index contributed by atoms with van der Waals surface area (Å²) < 4.78 is 72.8. The fourth-order valence-electron chi connectivity index (χ4n) is 3.71. The quantitative estimate of drug-likeness (QED) is 0.308. The van der Waals surface area contributed by atoms with Crippen LogP contribution in [-0.4, -0.2) is 26.0 Å². The molecule has 174 valence electrons. The van der Waals surface area contributed by atoms with Crippen LogP contribution >= 0.6 is 0 Å². The molecule has 0 bridgehead atoms. The van der Waals surface area contributed by atoms with Crippen LogP contribution < -0.4 is 9.47 Å². The molecule has 3 rings (SSSR count). The summed E-state index contributed by atoms with van der Waals surface area (Å²) in [6, 6.07) is 8.82. The van der Waals surface area contributed by atoms with E-state index in [0.717, 1.165) is 24.5 Å². The van der Waals surface area contributed by atoms with Crippen LogP contribution in [0, 0.1) is 17.6 Å². The molecule has 1 saturated heterocycles. The second kappa shape index (κ2) is 11.4. The highest BCUT2D eigenvalue weighted by atomic mass is 19.2. The van der Waals surface area contributed by atoms with Gasteiger partial charge in [0.2, 0.25) is 11.6 Å². The molecule has 1 fully saturated rings. The summed E-state index contributed by atoms with van der Waals surface area (Å²) in [6.45, 7) is 3.65. The fourth-order valence-corrected chi connectivity index (χ4v) is 3.71. The first-order chi connectivity index (χ1) is 15.4. The van der Waals surface area contributed by atoms with Gasteiger partial charge in [-0.1, -0.05) is 36.4 Å². The molecule has 2 aromatic carbocycles. The normalized spacial score (nSPS) is 20.8. The summed E-state index contributed by atoms with van der Waals surface area (Å²) in [5, 5.41) is 0. The van der Waals surface area contributed by atoms with Crippen LogP contribution in [0.4, 0.5) is 17.6 Å². The minimum absolute atomic E-state index is 0.0642. The standard InChI is InChI=1S/C25H28F4O3/c1-3-5-16-6-11-20(31-14-16)17-7-9-18(10-8-17)23(27)19(26)15-32-22-13-12-21(30-4-2)24(28)25(22)29/h3,5,7-10,12-13,16,19-20,23H,4,6,11,14-15H2,1-2H3. The average Bonchev–Trinajstić information content (AvgIpc) is 2.82. The molecule has 1 heterocycles. The molecule has 0 saturated carbocycles. The molecule has 32 heavy (non-hydrogen) atoms. The SMILES string of the molecule is CC=CC1CCC(c2ccc(C(F)C(F)COc3ccc(OCC)c(F)c3F)cc2)OC1. The van der Waals surface area contributed by atoms with Gasteiger partial charge in [0.15, 0.2) is 23.8 Å². The second-order valence-electron chi connectivity index (χ2n) is 7.70. The molecule has 3 nitrogen and oxygen atoms in total. The predicted molar refractivity (Wildman–Crippen MR) is 114 cm³/mol. The maximum Gasteiger partial charge on any atom is 0.204 e. The molecule has 0 radical (unpaired) electrons. The predicted octanol–water partition coefficient (Wildman–Crippen LogP) is 6.84. The lowest BCUT2D eigenvalue weighted by Gasteiger charge is -2.28. The van der Waals surface area contributed by atoms with Crippen molar-refractivity contribution in [3.8, 4) is 11.5 Å². The Kier molecular flexibility index (Phi) is 8.56. The van der Waals surface area contributed by atoms with E-state index in [4.69, 9.17) is 14.2 Å². The van der Waals surface area contributed by atoms with Crippen LogP contribution in [0.2, 0.25) is 0 Å². The van der Waals surface area contributed by atoms with E-state index in [0.29, 0.717) is 12.5 Å². The Morgan fingerprint density at radius 3 is 2.22 bits per heavy atom. The number of hydrogen-bond acceptors (Lipinski definition) is 3. The third-order valence-electron chi connectivity index (χ3n) is 5.43. The number of allylic oxidation sites excluding steroid dienone is 1. The molecule has 0 spiro atoms. The number of hydrogen-bond donors (Lipinski definition) is 0. The van der Waals surface area contributed by atoms with E-state index in [1.54, 1.807) is 19.1 Å². The summed E-state index contributed by atoms with van der Waals surface area (Å²) in [5.41, 5.74) is 1.06. The Hall–Kier alpha value is -2.54. The lowest BCUT2D eigenvalue weighted by molar-refractivity contribution is -0.00528. The molecule has 1 aliphatic heterocycles. The lowest BCUT2D eigenvalue weighted by atomic mass is 9.93. The fraction of sp³-hybridized carbons (Fsp3) is 0.440. The van der Waals surface area contributed by atoms with Gasteiger partial charge >= 0.3 is 0 Å². The Bertz CT molecular complexity index is 893. The van der Waals surface area contributed by atoms with Gasteiger partial charge in [-0.2, -0.15) is 8.78 Å². The molecule has 1 aliphatic rings. The van der Waals surface area contributed by atoms with Gasteiger partial charge in [-0.25, -0.2) is 8.78 Å². The largest absolute Gasteiger partial charge is 0.491 e. The van der Waals surface area contributed by atoms with Crippen LogP contribution in [0.15, 0.2) is 48.6 Å². The number of alkyl halides is 2. The first-order valence-electron chi connectivity index (χ1n) is 10.8. The Morgan fingerprint density at radius 1 is 1.00 bits per heavy atom. The molecule has 4 atom stereocenters. The van der Waals surface area contributed by atoms with Crippen molar-refractivity contribution in [1.29, 1.82) is 0 Å². The smallest absolute Gasteiger partial charge is 0.204 e. The zero-order valence-electron chi connectivity index (χ0n) is 18.2. The third-order valence-corrected chi connectivity index (χ3v) is 5.43. The van der Waals surface area contributed by atoms with Crippen LogP contribution in [-0.2, 0) is 4.74 Å². The molecular formula is C25H28F4O3. The first kappa shape index (κ1) is 24.1. The summed E-state index contributed by atoms with van der Waals surface area (Å²) in [7, 11) is 0. The molecule has 0 aliphatic carbocycles. The zero-order chi connectivity index (χ0) is 23.1. The summed E-state index contributed by atoms with van der Waals surface area (Å²) in [5.74, 6) is -2.88. The zero-order valence-corrected chi connectivity index (χ0v) is 18.2. The Balaban J connectivity index is 1.56. The lowest BCUT2D eigenvalue weighted by Crippen LogP contribution is -2.20. The third kappa shape index (κ3) is 5.82. The van der Waals surface area contributed by atoms with Crippen molar-refractivity contribution in [3.63, 3.8) is 0 Å². The molecule has 0 N–H and O–H groups in total. The van der Waals surface area contributed by atoms with Crippen molar-refractivity contribution in [1.82, 2.24) is 0 Å². The van der Waals surface area contributed by atoms with Crippen molar-refractivity contribution in [3.05, 3.63) is 71.3 Å². The van der Waals surface area contributed by atoms with Gasteiger partial charge in [-0.3, -0.25) is 0 Å². The molecule has 0 amide bonds. The first-order valence-corrected chi connectivity index (χ1v) is 10.8. The molecule has 7 heteroatoms. The average molecular weight is 452 g/mol. The topological polar surface area (TPSA) is 27.7 Å². The maximum absolute atomic E-state index is 14.6. The minimum atomic E-state index is -2.05. The van der Waals surface area contributed by atoms with Crippen LogP contribution in [0.25, 0.3) is 0 Å². The van der Waals surface area contributed by atoms with E-state index in [-0.39, 0.29) is 24.0 Å². The van der Waals surface area contributed by atoms with Gasteiger partial charge in [0.05, 0.1) is 19.3 Å². The number of ether oxygens (including phenoxy) is 3. The summed E-state index contributed by atoms with van der Waals surface area (Å²) in [4.78, 5) is 0. The highest BCUT2D eigenvalue weighted by molar-refractivity contribution is 5.35. The number of halogens is 4. The van der Waals surface area contributed by atoms with E-state index in [2.05, 4.69) is 6.08 Å². The Labute approximate surface area is 186 Å². The van der Waals surface area contributed by atoms with Gasteiger partial charge in [0.25, 0.3) is 0 Å². The molecule has 2 aromatic rings. The van der Waals surface area contributed by atoms with E-state index < -0.39 is 36.3 Å². The van der Waals surface area contributed by atoms with E-state index in [1.165, 1.54) is 18.2 Å². The molecule has 0 aromatic heterocycles. The van der Waals surface area contributed by atoms with Crippen molar-refractivity contribution < 1.29 is 31.8 Å². The highest BCUT2D eigenvalue weighted by Crippen LogP contribution is 2.33. The number of rotatable bonds is 9. The van der Waals surface area contributed by atoms with Gasteiger partial charge in [-0.05, 0) is 49.9 Å². The maximum atomic E-state index is 14.6. The summed E-state index contributed by atoms with van der Waals surface area (Å²) in [6.07, 6.45) is 1.93. The van der Waals surface area contributed by atoms with E-state index >= 15 is 0 Å². The van der Waals surface area contributed by atoms with Crippen molar-refractivity contribution >= 4 is 0 Å². The van der Waals surface area contributed by atoms with Crippen LogP contribution in [0.5, 0.6) is 11.5 Å². The van der Waals surface area contributed by atoms with Gasteiger partial charge in [0.1, 0.15) is 6.61 Å². The van der Waals surface area contributed by atoms with Crippen LogP contribution in [0.1, 0.15) is 50.1 Å². The molecular weight excluding hydrogens is 424 g/mol. The van der Waals surface area contributed by atoms with Gasteiger partial charge in [-0.15, -0.1) is 0 Å². The van der Waals surface area contributed by atoms with E-state index in [1.807, 2.05) is 13.0 Å². The van der Waals surface area contributed by atoms with Crippen LogP contribution in [0.3, 0.4) is 0 Å². The van der Waals surface area contributed by atoms with Gasteiger partial charge in [0, 0.05) is 5.92 Å². The molecule has 4 unspecified atom stereocenters. The van der Waals surface area contributed by atoms with Crippen molar-refractivity contribution in [2.24, 2.45) is 5.92 Å². The highest BCUT2D eigenvalue weighted by Gasteiger charge is 2.26. The van der Waals surface area contributed by atoms with Crippen molar-refractivity contribution in [2.45, 2.75) is 45.1 Å². The van der Waals surface area contributed by atoms with E-state index in [9.17, 15) is 17.6 Å². The number of benzene rings is 2.